The second-order valence-electron chi connectivity index (χ2n) is 4.41. The average molecular weight is 291 g/mol. The molecule has 0 fully saturated rings. The van der Waals surface area contributed by atoms with Crippen molar-refractivity contribution in [3.8, 4) is 5.75 Å². The molecular formula is C13H17N5O3. The molecule has 0 radical (unpaired) electrons. The molecule has 1 heterocycles. The number of anilines is 2. The van der Waals surface area contributed by atoms with Gasteiger partial charge in [-0.05, 0) is 24.3 Å². The first-order chi connectivity index (χ1) is 10.0. The van der Waals surface area contributed by atoms with Crippen LogP contribution in [0.1, 0.15) is 0 Å². The maximum atomic E-state index is 11.9. The first-order valence-corrected chi connectivity index (χ1v) is 6.37. The molecule has 0 aliphatic carbocycles. The molecule has 0 saturated heterocycles. The van der Waals surface area contributed by atoms with E-state index in [-0.39, 0.29) is 5.82 Å². The minimum Gasteiger partial charge on any atom is -0.492 e. The molecule has 0 aliphatic heterocycles. The summed E-state index contributed by atoms with van der Waals surface area (Å²) in [6, 6.07) is 7.00. The summed E-state index contributed by atoms with van der Waals surface area (Å²) in [5.41, 5.74) is 5.06. The number of nitrogens with one attached hydrogen (secondary N) is 1. The van der Waals surface area contributed by atoms with E-state index >= 15 is 0 Å². The highest BCUT2D eigenvalue weighted by Crippen LogP contribution is 2.17. The molecule has 8 nitrogen and oxygen atoms in total. The highest BCUT2D eigenvalue weighted by Gasteiger charge is 2.08. The standard InChI is InChI=1S/C13H17N5O3/c1-17-12(19)11(16-18(2)13(17)20)15-9-3-5-10(6-4-9)21-8-7-14/h3-6H,7-8,14H2,1-2H3,(H,15,16). The zero-order chi connectivity index (χ0) is 15.4. The maximum Gasteiger partial charge on any atom is 0.346 e. The van der Waals surface area contributed by atoms with Crippen molar-refractivity contribution in [1.82, 2.24) is 14.3 Å². The molecule has 1 aromatic heterocycles. The Kier molecular flexibility index (Phi) is 4.39. The number of hydrogen-bond acceptors (Lipinski definition) is 6. The number of rotatable bonds is 5. The van der Waals surface area contributed by atoms with E-state index in [9.17, 15) is 9.59 Å². The first kappa shape index (κ1) is 14.8. The SMILES string of the molecule is Cn1nc(Nc2ccc(OCCN)cc2)c(=O)n(C)c1=O. The van der Waals surface area contributed by atoms with Crippen LogP contribution in [-0.4, -0.2) is 27.5 Å². The highest BCUT2D eigenvalue weighted by atomic mass is 16.5. The van der Waals surface area contributed by atoms with Crippen LogP contribution in [0.4, 0.5) is 11.5 Å². The molecule has 0 bridgehead atoms. The number of hydrogen-bond donors (Lipinski definition) is 2. The number of nitrogens with two attached hydrogens (primary N) is 1. The molecule has 112 valence electrons. The molecule has 21 heavy (non-hydrogen) atoms. The minimum atomic E-state index is -0.485. The predicted octanol–water partition coefficient (Wildman–Crippen LogP) is -0.440. The van der Waals surface area contributed by atoms with E-state index < -0.39 is 11.2 Å². The summed E-state index contributed by atoms with van der Waals surface area (Å²) in [5.74, 6) is 0.766. The molecule has 0 atom stereocenters. The Morgan fingerprint density at radius 3 is 2.52 bits per heavy atom. The van der Waals surface area contributed by atoms with Gasteiger partial charge in [-0.3, -0.25) is 9.36 Å². The maximum absolute atomic E-state index is 11.9. The fraction of sp³-hybridized carbons (Fsp3) is 0.308. The van der Waals surface area contributed by atoms with Crippen LogP contribution in [0.5, 0.6) is 5.75 Å². The van der Waals surface area contributed by atoms with Gasteiger partial charge in [-0.1, -0.05) is 0 Å². The molecule has 1 aromatic carbocycles. The second kappa shape index (κ2) is 6.23. The predicted molar refractivity (Wildman–Crippen MR) is 79.0 cm³/mol. The first-order valence-electron chi connectivity index (χ1n) is 6.37. The van der Waals surface area contributed by atoms with E-state index in [4.69, 9.17) is 10.5 Å². The molecule has 3 N–H and O–H groups in total. The summed E-state index contributed by atoms with van der Waals surface area (Å²) in [4.78, 5) is 23.5. The van der Waals surface area contributed by atoms with Crippen LogP contribution < -0.4 is 27.0 Å². The summed E-state index contributed by atoms with van der Waals surface area (Å²) in [7, 11) is 2.89. The molecule has 0 unspecified atom stereocenters. The lowest BCUT2D eigenvalue weighted by Gasteiger charge is -2.09. The lowest BCUT2D eigenvalue weighted by molar-refractivity contribution is 0.328. The highest BCUT2D eigenvalue weighted by molar-refractivity contribution is 5.55. The van der Waals surface area contributed by atoms with Crippen molar-refractivity contribution in [2.24, 2.45) is 19.8 Å². The van der Waals surface area contributed by atoms with Gasteiger partial charge in [0, 0.05) is 26.3 Å². The van der Waals surface area contributed by atoms with Gasteiger partial charge in [0.05, 0.1) is 0 Å². The van der Waals surface area contributed by atoms with Crippen LogP contribution in [-0.2, 0) is 14.1 Å². The van der Waals surface area contributed by atoms with Crippen molar-refractivity contribution in [2.75, 3.05) is 18.5 Å². The van der Waals surface area contributed by atoms with E-state index in [0.29, 0.717) is 24.6 Å². The van der Waals surface area contributed by atoms with Gasteiger partial charge in [0.25, 0.3) is 5.56 Å². The Bertz CT molecular complexity index is 733. The van der Waals surface area contributed by atoms with E-state index in [1.54, 1.807) is 24.3 Å². The lowest BCUT2D eigenvalue weighted by atomic mass is 10.3. The van der Waals surface area contributed by atoms with E-state index in [1.807, 2.05) is 0 Å². The van der Waals surface area contributed by atoms with Gasteiger partial charge in [-0.15, -0.1) is 5.10 Å². The normalized spacial score (nSPS) is 10.4. The van der Waals surface area contributed by atoms with Crippen LogP contribution in [0.3, 0.4) is 0 Å². The molecule has 8 heteroatoms. The van der Waals surface area contributed by atoms with Crippen molar-refractivity contribution in [1.29, 1.82) is 0 Å². The fourth-order valence-corrected chi connectivity index (χ4v) is 1.72. The second-order valence-corrected chi connectivity index (χ2v) is 4.41. The Hall–Kier alpha value is -2.61. The van der Waals surface area contributed by atoms with Crippen molar-refractivity contribution < 1.29 is 4.74 Å². The van der Waals surface area contributed by atoms with Gasteiger partial charge >= 0.3 is 5.69 Å². The monoisotopic (exact) mass is 291 g/mol. The Morgan fingerprint density at radius 2 is 1.90 bits per heavy atom. The van der Waals surface area contributed by atoms with Crippen molar-refractivity contribution in [3.63, 3.8) is 0 Å². The summed E-state index contributed by atoms with van der Waals surface area (Å²) >= 11 is 0. The molecule has 0 aliphatic rings. The number of aryl methyl sites for hydroxylation is 1. The van der Waals surface area contributed by atoms with Gasteiger partial charge in [0.1, 0.15) is 12.4 Å². The Balaban J connectivity index is 2.23. The lowest BCUT2D eigenvalue weighted by Crippen LogP contribution is -2.39. The van der Waals surface area contributed by atoms with E-state index in [1.165, 1.54) is 14.1 Å². The summed E-state index contributed by atoms with van der Waals surface area (Å²) in [6.45, 7) is 0.883. The summed E-state index contributed by atoms with van der Waals surface area (Å²) in [6.07, 6.45) is 0. The van der Waals surface area contributed by atoms with Crippen LogP contribution in [0.15, 0.2) is 33.9 Å². The Labute approximate surface area is 120 Å². The minimum absolute atomic E-state index is 0.0789. The van der Waals surface area contributed by atoms with Gasteiger partial charge in [0.2, 0.25) is 5.82 Å². The molecule has 0 saturated carbocycles. The van der Waals surface area contributed by atoms with Gasteiger partial charge < -0.3 is 15.8 Å². The van der Waals surface area contributed by atoms with Crippen molar-refractivity contribution >= 4 is 11.5 Å². The molecule has 0 amide bonds. The zero-order valence-electron chi connectivity index (χ0n) is 11.9. The van der Waals surface area contributed by atoms with Gasteiger partial charge in [0.15, 0.2) is 0 Å². The van der Waals surface area contributed by atoms with Crippen LogP contribution >= 0.6 is 0 Å². The third kappa shape index (κ3) is 3.29. The van der Waals surface area contributed by atoms with Crippen molar-refractivity contribution in [2.45, 2.75) is 0 Å². The number of ether oxygens (including phenoxy) is 1. The van der Waals surface area contributed by atoms with Crippen LogP contribution in [0, 0.1) is 0 Å². The Morgan fingerprint density at radius 1 is 1.24 bits per heavy atom. The van der Waals surface area contributed by atoms with Crippen LogP contribution in [0.2, 0.25) is 0 Å². The van der Waals surface area contributed by atoms with E-state index in [0.717, 1.165) is 9.25 Å². The third-order valence-corrected chi connectivity index (χ3v) is 2.82. The smallest absolute Gasteiger partial charge is 0.346 e. The van der Waals surface area contributed by atoms with Gasteiger partial charge in [-0.2, -0.15) is 0 Å². The van der Waals surface area contributed by atoms with E-state index in [2.05, 4.69) is 10.4 Å². The quantitative estimate of drug-likeness (QED) is 0.774. The molecule has 0 spiro atoms. The number of aromatic nitrogens is 3. The average Bonchev–Trinajstić information content (AvgIpc) is 2.50. The van der Waals surface area contributed by atoms with Gasteiger partial charge in [-0.25, -0.2) is 9.48 Å². The molecular weight excluding hydrogens is 274 g/mol. The zero-order valence-corrected chi connectivity index (χ0v) is 11.9. The van der Waals surface area contributed by atoms with Crippen molar-refractivity contribution in [3.05, 3.63) is 45.1 Å². The topological polar surface area (TPSA) is 104 Å². The fourth-order valence-electron chi connectivity index (χ4n) is 1.72. The third-order valence-electron chi connectivity index (χ3n) is 2.82. The number of nitrogens with zero attached hydrogens (tertiary/aromatic N) is 3. The largest absolute Gasteiger partial charge is 0.492 e. The summed E-state index contributed by atoms with van der Waals surface area (Å²) in [5, 5.41) is 6.79. The summed E-state index contributed by atoms with van der Waals surface area (Å²) < 4.78 is 7.45. The molecule has 2 rings (SSSR count). The number of benzene rings is 1. The molecule has 2 aromatic rings. The van der Waals surface area contributed by atoms with Crippen LogP contribution in [0.25, 0.3) is 0 Å².